The number of aliphatic carboxylic acids is 1. The monoisotopic (exact) mass is 466 g/mol. The zero-order valence-electron chi connectivity index (χ0n) is 19.4. The SMILES string of the molecule is CCOCCOCCOCCOCCOCCOCCC(=O)NCCCC[C@H](N)C(=O)O. The summed E-state index contributed by atoms with van der Waals surface area (Å²) in [6, 6.07) is -0.839. The third kappa shape index (κ3) is 23.3. The Morgan fingerprint density at radius 1 is 0.750 bits per heavy atom. The Hall–Kier alpha value is -1.34. The molecule has 0 aromatic rings. The van der Waals surface area contributed by atoms with Crippen LogP contribution in [0.25, 0.3) is 0 Å². The molecule has 0 spiro atoms. The Kier molecular flexibility index (Phi) is 23.3. The number of nitrogens with one attached hydrogen (secondary N) is 1. The lowest BCUT2D eigenvalue weighted by Gasteiger charge is -2.09. The van der Waals surface area contributed by atoms with Gasteiger partial charge in [0, 0.05) is 19.6 Å². The third-order valence-electron chi connectivity index (χ3n) is 4.12. The molecular formula is C21H42N2O9. The van der Waals surface area contributed by atoms with Crippen LogP contribution in [0.3, 0.4) is 0 Å². The number of unbranched alkanes of at least 4 members (excludes halogenated alkanes) is 1. The average molecular weight is 467 g/mol. The molecule has 0 heterocycles. The molecule has 11 nitrogen and oxygen atoms in total. The second-order valence-corrected chi connectivity index (χ2v) is 6.80. The fourth-order valence-corrected chi connectivity index (χ4v) is 2.34. The molecule has 0 aromatic heterocycles. The minimum absolute atomic E-state index is 0.0962. The lowest BCUT2D eigenvalue weighted by Crippen LogP contribution is -2.30. The fourth-order valence-electron chi connectivity index (χ4n) is 2.34. The number of carboxylic acids is 1. The van der Waals surface area contributed by atoms with Gasteiger partial charge in [0.1, 0.15) is 6.04 Å². The van der Waals surface area contributed by atoms with Crippen molar-refractivity contribution in [1.29, 1.82) is 0 Å². The lowest BCUT2D eigenvalue weighted by molar-refractivity contribution is -0.138. The van der Waals surface area contributed by atoms with E-state index in [4.69, 9.17) is 39.3 Å². The highest BCUT2D eigenvalue weighted by Gasteiger charge is 2.10. The number of carbonyl (C=O) groups is 2. The van der Waals surface area contributed by atoms with Crippen LogP contribution < -0.4 is 11.1 Å². The molecule has 0 fully saturated rings. The summed E-state index contributed by atoms with van der Waals surface area (Å²) < 4.78 is 32.0. The molecule has 0 aliphatic rings. The van der Waals surface area contributed by atoms with Gasteiger partial charge in [0.15, 0.2) is 0 Å². The number of hydrogen-bond acceptors (Lipinski definition) is 9. The molecule has 32 heavy (non-hydrogen) atoms. The smallest absolute Gasteiger partial charge is 0.320 e. The minimum Gasteiger partial charge on any atom is -0.480 e. The van der Waals surface area contributed by atoms with E-state index in [0.717, 1.165) is 0 Å². The van der Waals surface area contributed by atoms with Gasteiger partial charge in [-0.05, 0) is 26.2 Å². The maximum absolute atomic E-state index is 11.6. The second kappa shape index (κ2) is 24.3. The van der Waals surface area contributed by atoms with Gasteiger partial charge in [-0.2, -0.15) is 0 Å². The van der Waals surface area contributed by atoms with Crippen molar-refractivity contribution in [3.8, 4) is 0 Å². The van der Waals surface area contributed by atoms with Crippen molar-refractivity contribution < 1.29 is 43.1 Å². The number of hydrogen-bond donors (Lipinski definition) is 3. The van der Waals surface area contributed by atoms with Crippen LogP contribution in [0.15, 0.2) is 0 Å². The van der Waals surface area contributed by atoms with Crippen molar-refractivity contribution >= 4 is 11.9 Å². The first-order chi connectivity index (χ1) is 15.6. The molecule has 1 atom stereocenters. The highest BCUT2D eigenvalue weighted by Crippen LogP contribution is 1.98. The van der Waals surface area contributed by atoms with E-state index in [1.807, 2.05) is 6.92 Å². The highest BCUT2D eigenvalue weighted by molar-refractivity contribution is 5.75. The zero-order chi connectivity index (χ0) is 23.7. The van der Waals surface area contributed by atoms with Crippen LogP contribution in [0.1, 0.15) is 32.6 Å². The summed E-state index contributed by atoms with van der Waals surface area (Å²) in [7, 11) is 0. The van der Waals surface area contributed by atoms with E-state index < -0.39 is 12.0 Å². The first-order valence-corrected chi connectivity index (χ1v) is 11.3. The molecule has 0 unspecified atom stereocenters. The minimum atomic E-state index is -1.00. The van der Waals surface area contributed by atoms with Gasteiger partial charge in [-0.25, -0.2) is 0 Å². The van der Waals surface area contributed by atoms with Gasteiger partial charge < -0.3 is 44.6 Å². The molecule has 4 N–H and O–H groups in total. The number of rotatable bonds is 25. The van der Waals surface area contributed by atoms with Crippen molar-refractivity contribution in [3.63, 3.8) is 0 Å². The van der Waals surface area contributed by atoms with Crippen molar-refractivity contribution in [2.45, 2.75) is 38.6 Å². The molecule has 0 saturated heterocycles. The van der Waals surface area contributed by atoms with Crippen LogP contribution in [0, 0.1) is 0 Å². The van der Waals surface area contributed by atoms with Gasteiger partial charge in [0.2, 0.25) is 5.91 Å². The van der Waals surface area contributed by atoms with E-state index in [1.54, 1.807) is 0 Å². The van der Waals surface area contributed by atoms with Crippen molar-refractivity contribution in [1.82, 2.24) is 5.32 Å². The largest absolute Gasteiger partial charge is 0.480 e. The quantitative estimate of drug-likeness (QED) is 0.159. The fraction of sp³-hybridized carbons (Fsp3) is 0.905. The summed E-state index contributed by atoms with van der Waals surface area (Å²) in [5.41, 5.74) is 5.41. The summed E-state index contributed by atoms with van der Waals surface area (Å²) in [6.45, 7) is 8.53. The maximum atomic E-state index is 11.6. The average Bonchev–Trinajstić information content (AvgIpc) is 2.77. The zero-order valence-corrected chi connectivity index (χ0v) is 19.4. The highest BCUT2D eigenvalue weighted by atomic mass is 16.6. The maximum Gasteiger partial charge on any atom is 0.320 e. The van der Waals surface area contributed by atoms with E-state index >= 15 is 0 Å². The van der Waals surface area contributed by atoms with Gasteiger partial charge >= 0.3 is 5.97 Å². The Labute approximate surface area is 191 Å². The molecule has 0 saturated carbocycles. The third-order valence-corrected chi connectivity index (χ3v) is 4.12. The second-order valence-electron chi connectivity index (χ2n) is 6.80. The van der Waals surface area contributed by atoms with Crippen LogP contribution in [0.5, 0.6) is 0 Å². The van der Waals surface area contributed by atoms with Crippen LogP contribution in [-0.4, -0.2) is 109 Å². The van der Waals surface area contributed by atoms with Gasteiger partial charge in [0.05, 0.1) is 72.7 Å². The normalized spacial score (nSPS) is 12.1. The van der Waals surface area contributed by atoms with E-state index in [2.05, 4.69) is 5.32 Å². The van der Waals surface area contributed by atoms with Crippen molar-refractivity contribution in [2.75, 3.05) is 85.8 Å². The standard InChI is InChI=1S/C21H42N2O9/c1-2-27-9-10-29-13-14-31-17-18-32-16-15-30-12-11-28-8-6-20(24)23-7-4-3-5-19(22)21(25)26/h19H,2-18,22H2,1H3,(H,23,24)(H,25,26)/t19-/m0/s1. The van der Waals surface area contributed by atoms with Crippen LogP contribution in [-0.2, 0) is 38.0 Å². The predicted molar refractivity (Wildman–Crippen MR) is 118 cm³/mol. The van der Waals surface area contributed by atoms with Gasteiger partial charge in [0.25, 0.3) is 0 Å². The van der Waals surface area contributed by atoms with Gasteiger partial charge in [-0.15, -0.1) is 0 Å². The molecule has 0 rings (SSSR count). The molecular weight excluding hydrogens is 424 g/mol. The Morgan fingerprint density at radius 2 is 1.19 bits per heavy atom. The van der Waals surface area contributed by atoms with Crippen LogP contribution >= 0.6 is 0 Å². The summed E-state index contributed by atoms with van der Waals surface area (Å²) in [6.07, 6.45) is 2.02. The molecule has 0 aromatic carbocycles. The molecule has 0 radical (unpaired) electrons. The molecule has 1 amide bonds. The molecule has 0 aliphatic heterocycles. The summed E-state index contributed by atoms with van der Waals surface area (Å²) >= 11 is 0. The number of carboxylic acid groups (broad SMARTS) is 1. The van der Waals surface area contributed by atoms with E-state index in [9.17, 15) is 9.59 Å². The Balaban J connectivity index is 3.18. The first kappa shape index (κ1) is 30.7. The van der Waals surface area contributed by atoms with Crippen LogP contribution in [0.2, 0.25) is 0 Å². The summed E-state index contributed by atoms with van der Waals surface area (Å²) in [5.74, 6) is -1.10. The van der Waals surface area contributed by atoms with Crippen molar-refractivity contribution in [2.24, 2.45) is 5.73 Å². The Bertz CT molecular complexity index is 441. The lowest BCUT2D eigenvalue weighted by atomic mass is 10.1. The van der Waals surface area contributed by atoms with Crippen LogP contribution in [0.4, 0.5) is 0 Å². The predicted octanol–water partition coefficient (Wildman–Crippen LogP) is 0.194. The number of ether oxygens (including phenoxy) is 6. The van der Waals surface area contributed by atoms with Crippen molar-refractivity contribution in [3.05, 3.63) is 0 Å². The van der Waals surface area contributed by atoms with Gasteiger partial charge in [-0.1, -0.05) is 0 Å². The van der Waals surface area contributed by atoms with E-state index in [1.165, 1.54) is 0 Å². The van der Waals surface area contributed by atoms with E-state index in [0.29, 0.717) is 105 Å². The Morgan fingerprint density at radius 3 is 1.62 bits per heavy atom. The molecule has 190 valence electrons. The molecule has 11 heteroatoms. The van der Waals surface area contributed by atoms with E-state index in [-0.39, 0.29) is 12.3 Å². The molecule has 0 aliphatic carbocycles. The number of amides is 1. The first-order valence-electron chi connectivity index (χ1n) is 11.3. The topological polar surface area (TPSA) is 148 Å². The molecule has 0 bridgehead atoms. The summed E-state index contributed by atoms with van der Waals surface area (Å²) in [4.78, 5) is 22.2. The van der Waals surface area contributed by atoms with Gasteiger partial charge in [-0.3, -0.25) is 9.59 Å². The summed E-state index contributed by atoms with van der Waals surface area (Å²) in [5, 5.41) is 11.4. The number of nitrogens with two attached hydrogens (primary N) is 1. The number of carbonyl (C=O) groups excluding carboxylic acids is 1.